The second kappa shape index (κ2) is 8.08. The van der Waals surface area contributed by atoms with E-state index in [9.17, 15) is 0 Å². The molecule has 2 aromatic rings. The fourth-order valence-electron chi connectivity index (χ4n) is 3.10. The lowest BCUT2D eigenvalue weighted by Crippen LogP contribution is -2.15. The van der Waals surface area contributed by atoms with Gasteiger partial charge in [-0.2, -0.15) is 0 Å². The van der Waals surface area contributed by atoms with Gasteiger partial charge in [0.1, 0.15) is 11.6 Å². The van der Waals surface area contributed by atoms with Crippen molar-refractivity contribution in [2.45, 2.75) is 39.8 Å². The van der Waals surface area contributed by atoms with Crippen molar-refractivity contribution in [2.75, 3.05) is 25.6 Å². The van der Waals surface area contributed by atoms with Gasteiger partial charge in [-0.3, -0.25) is 0 Å². The molecule has 0 amide bonds. The maximum Gasteiger partial charge on any atom is 0.123 e. The fourth-order valence-corrected chi connectivity index (χ4v) is 3.10. The summed E-state index contributed by atoms with van der Waals surface area (Å²) in [4.78, 5) is 8.94. The number of nitrogens with two attached hydrogens (primary N) is 2. The molecule has 0 aliphatic heterocycles. The maximum atomic E-state index is 5.95. The number of anilines is 2. The Morgan fingerprint density at radius 3 is 2.17 bits per heavy atom. The van der Waals surface area contributed by atoms with Crippen LogP contribution in [0.4, 0.5) is 11.6 Å². The van der Waals surface area contributed by atoms with Crippen LogP contribution in [0.25, 0.3) is 0 Å². The van der Waals surface area contributed by atoms with E-state index in [1.165, 1.54) is 22.3 Å². The van der Waals surface area contributed by atoms with Gasteiger partial charge in [-0.1, -0.05) is 0 Å². The highest BCUT2D eigenvalue weighted by atomic mass is 14.9. The zero-order valence-corrected chi connectivity index (χ0v) is 15.0. The lowest BCUT2D eigenvalue weighted by Gasteiger charge is -2.15. The highest BCUT2D eigenvalue weighted by Crippen LogP contribution is 2.21. The predicted molar refractivity (Wildman–Crippen MR) is 99.7 cm³/mol. The number of nitrogen functional groups attached to an aromatic ring is 2. The zero-order chi connectivity index (χ0) is 17.7. The molecule has 0 fully saturated rings. The van der Waals surface area contributed by atoms with Crippen molar-refractivity contribution in [3.8, 4) is 0 Å². The van der Waals surface area contributed by atoms with Gasteiger partial charge in [0, 0.05) is 24.5 Å². The average Bonchev–Trinajstić information content (AvgIpc) is 2.51. The SMILES string of the molecule is CNCc1c(CCc2nc(N)cc(C)c2CNC)cc(N)nc1C. The Labute approximate surface area is 144 Å². The van der Waals surface area contributed by atoms with Crippen molar-refractivity contribution < 1.29 is 0 Å². The second-order valence-corrected chi connectivity index (χ2v) is 6.12. The summed E-state index contributed by atoms with van der Waals surface area (Å²) in [6.07, 6.45) is 1.68. The van der Waals surface area contributed by atoms with Crippen LogP contribution >= 0.6 is 0 Å². The number of pyridine rings is 2. The number of aryl methyl sites for hydroxylation is 4. The van der Waals surface area contributed by atoms with Gasteiger partial charge >= 0.3 is 0 Å². The summed E-state index contributed by atoms with van der Waals surface area (Å²) in [5, 5.41) is 6.42. The third kappa shape index (κ3) is 4.21. The summed E-state index contributed by atoms with van der Waals surface area (Å²) < 4.78 is 0. The zero-order valence-electron chi connectivity index (χ0n) is 15.0. The molecular formula is C18H28N6. The first-order valence-electron chi connectivity index (χ1n) is 8.25. The molecule has 0 spiro atoms. The molecule has 2 heterocycles. The number of aromatic nitrogens is 2. The van der Waals surface area contributed by atoms with E-state index in [1.807, 2.05) is 33.2 Å². The molecule has 130 valence electrons. The Morgan fingerprint density at radius 1 is 0.875 bits per heavy atom. The molecule has 2 aromatic heterocycles. The van der Waals surface area contributed by atoms with Gasteiger partial charge < -0.3 is 22.1 Å². The quantitative estimate of drug-likeness (QED) is 0.614. The van der Waals surface area contributed by atoms with E-state index in [2.05, 4.69) is 27.5 Å². The van der Waals surface area contributed by atoms with E-state index in [0.29, 0.717) is 11.6 Å². The van der Waals surface area contributed by atoms with Crippen LogP contribution in [0.15, 0.2) is 12.1 Å². The molecule has 0 saturated heterocycles. The molecule has 0 aromatic carbocycles. The first-order valence-corrected chi connectivity index (χ1v) is 8.25. The summed E-state index contributed by atoms with van der Waals surface area (Å²) in [6, 6.07) is 3.90. The van der Waals surface area contributed by atoms with Gasteiger partial charge in [0.05, 0.1) is 0 Å². The van der Waals surface area contributed by atoms with Crippen LogP contribution in [0, 0.1) is 13.8 Å². The average molecular weight is 328 g/mol. The summed E-state index contributed by atoms with van der Waals surface area (Å²) >= 11 is 0. The first-order chi connectivity index (χ1) is 11.5. The van der Waals surface area contributed by atoms with Gasteiger partial charge in [0.15, 0.2) is 0 Å². The highest BCUT2D eigenvalue weighted by molar-refractivity contribution is 5.43. The van der Waals surface area contributed by atoms with Crippen LogP contribution in [0.2, 0.25) is 0 Å². The van der Waals surface area contributed by atoms with E-state index < -0.39 is 0 Å². The topological polar surface area (TPSA) is 102 Å². The van der Waals surface area contributed by atoms with E-state index in [-0.39, 0.29) is 0 Å². The number of nitrogens with one attached hydrogen (secondary N) is 2. The monoisotopic (exact) mass is 328 g/mol. The predicted octanol–water partition coefficient (Wildman–Crippen LogP) is 1.48. The van der Waals surface area contributed by atoms with E-state index in [4.69, 9.17) is 11.5 Å². The molecule has 6 heteroatoms. The molecule has 0 radical (unpaired) electrons. The largest absolute Gasteiger partial charge is 0.384 e. The highest BCUT2D eigenvalue weighted by Gasteiger charge is 2.12. The smallest absolute Gasteiger partial charge is 0.123 e. The molecular weight excluding hydrogens is 300 g/mol. The van der Waals surface area contributed by atoms with Crippen LogP contribution in [0.5, 0.6) is 0 Å². The minimum absolute atomic E-state index is 0.564. The number of hydrogen-bond donors (Lipinski definition) is 4. The second-order valence-electron chi connectivity index (χ2n) is 6.12. The molecule has 0 atom stereocenters. The minimum Gasteiger partial charge on any atom is -0.384 e. The minimum atomic E-state index is 0.564. The Balaban J connectivity index is 2.31. The van der Waals surface area contributed by atoms with E-state index >= 15 is 0 Å². The number of nitrogens with zero attached hydrogens (tertiary/aromatic N) is 2. The molecule has 0 aliphatic carbocycles. The Hall–Kier alpha value is -2.18. The lowest BCUT2D eigenvalue weighted by atomic mass is 9.97. The van der Waals surface area contributed by atoms with Gasteiger partial charge in [-0.15, -0.1) is 0 Å². The van der Waals surface area contributed by atoms with Crippen molar-refractivity contribution in [1.29, 1.82) is 0 Å². The van der Waals surface area contributed by atoms with Crippen molar-refractivity contribution in [3.05, 3.63) is 45.8 Å². The summed E-state index contributed by atoms with van der Waals surface area (Å²) in [5.74, 6) is 1.14. The van der Waals surface area contributed by atoms with Gasteiger partial charge in [0.25, 0.3) is 0 Å². The lowest BCUT2D eigenvalue weighted by molar-refractivity contribution is 0.763. The standard InChI is InChI=1S/C18H28N6/c1-11-7-17(19)24-16(14(11)9-21-3)6-5-13-8-18(20)23-12(2)15(13)10-22-4/h7-8,21-22H,5-6,9-10H2,1-4H3,(H2,19,24)(H2,20,23). The maximum absolute atomic E-state index is 5.95. The van der Waals surface area contributed by atoms with Crippen LogP contribution in [0.1, 0.15) is 33.6 Å². The van der Waals surface area contributed by atoms with Crippen LogP contribution in [-0.2, 0) is 25.9 Å². The Kier molecular flexibility index (Phi) is 6.11. The van der Waals surface area contributed by atoms with Crippen LogP contribution in [-0.4, -0.2) is 24.1 Å². The first kappa shape index (κ1) is 18.2. The summed E-state index contributed by atoms with van der Waals surface area (Å²) in [7, 11) is 3.88. The molecule has 0 unspecified atom stereocenters. The molecule has 0 aliphatic rings. The van der Waals surface area contributed by atoms with Crippen LogP contribution < -0.4 is 22.1 Å². The Bertz CT molecular complexity index is 650. The van der Waals surface area contributed by atoms with Crippen molar-refractivity contribution in [1.82, 2.24) is 20.6 Å². The molecule has 2 rings (SSSR count). The van der Waals surface area contributed by atoms with Crippen molar-refractivity contribution in [2.24, 2.45) is 0 Å². The summed E-state index contributed by atoms with van der Waals surface area (Å²) in [6.45, 7) is 5.65. The molecule has 24 heavy (non-hydrogen) atoms. The van der Waals surface area contributed by atoms with Crippen molar-refractivity contribution in [3.63, 3.8) is 0 Å². The summed E-state index contributed by atoms with van der Waals surface area (Å²) in [5.41, 5.74) is 18.7. The van der Waals surface area contributed by atoms with Gasteiger partial charge in [-0.05, 0) is 75.2 Å². The Morgan fingerprint density at radius 2 is 1.50 bits per heavy atom. The third-order valence-electron chi connectivity index (χ3n) is 4.23. The van der Waals surface area contributed by atoms with Gasteiger partial charge in [-0.25, -0.2) is 9.97 Å². The molecule has 6 nitrogen and oxygen atoms in total. The van der Waals surface area contributed by atoms with E-state index in [1.54, 1.807) is 0 Å². The normalized spacial score (nSPS) is 11.0. The fraction of sp³-hybridized carbons (Fsp3) is 0.444. The number of hydrogen-bond acceptors (Lipinski definition) is 6. The molecule has 0 saturated carbocycles. The van der Waals surface area contributed by atoms with Crippen molar-refractivity contribution >= 4 is 11.6 Å². The van der Waals surface area contributed by atoms with E-state index in [0.717, 1.165) is 37.3 Å². The molecule has 0 bridgehead atoms. The number of rotatable bonds is 7. The van der Waals surface area contributed by atoms with Crippen LogP contribution in [0.3, 0.4) is 0 Å². The van der Waals surface area contributed by atoms with Gasteiger partial charge in [0.2, 0.25) is 0 Å². The molecule has 6 N–H and O–H groups in total. The third-order valence-corrected chi connectivity index (χ3v) is 4.23.